The van der Waals surface area contributed by atoms with E-state index in [0.717, 1.165) is 10.4 Å². The normalized spacial score (nSPS) is 12.8. The van der Waals surface area contributed by atoms with Crippen molar-refractivity contribution >= 4 is 69.5 Å². The van der Waals surface area contributed by atoms with E-state index >= 15 is 0 Å². The Labute approximate surface area is 344 Å². The number of thioether (sulfide) groups is 1. The molecule has 4 aromatic carbocycles. The Balaban J connectivity index is 1.27. The lowest BCUT2D eigenvalue weighted by atomic mass is 10.0. The number of esters is 1. The van der Waals surface area contributed by atoms with Gasteiger partial charge in [-0.3, -0.25) is 19.2 Å². The highest BCUT2D eigenvalue weighted by Gasteiger charge is 2.32. The van der Waals surface area contributed by atoms with Crippen molar-refractivity contribution < 1.29 is 38.2 Å². The first-order valence-electron chi connectivity index (χ1n) is 18.4. The quantitative estimate of drug-likeness (QED) is 0.0581. The summed E-state index contributed by atoms with van der Waals surface area (Å²) in [6.07, 6.45) is 2.00. The average molecular weight is 819 g/mol. The first kappa shape index (κ1) is 41.3. The molecule has 6 rings (SSSR count). The highest BCUT2D eigenvalue weighted by molar-refractivity contribution is 8.00. The third kappa shape index (κ3) is 9.94. The van der Waals surface area contributed by atoms with Gasteiger partial charge in [-0.25, -0.2) is 4.79 Å². The molecule has 1 aromatic heterocycles. The lowest BCUT2D eigenvalue weighted by Gasteiger charge is -2.25. The number of carbonyl (C=O) groups is 5. The molecule has 58 heavy (non-hydrogen) atoms. The van der Waals surface area contributed by atoms with Crippen molar-refractivity contribution in [2.45, 2.75) is 37.0 Å². The van der Waals surface area contributed by atoms with E-state index in [1.807, 2.05) is 36.4 Å². The topological polar surface area (TPSA) is 152 Å². The molecule has 12 nitrogen and oxygen atoms in total. The van der Waals surface area contributed by atoms with Gasteiger partial charge >= 0.3 is 5.97 Å². The van der Waals surface area contributed by atoms with Gasteiger partial charge < -0.3 is 35.1 Å². The van der Waals surface area contributed by atoms with Crippen molar-refractivity contribution in [2.24, 2.45) is 0 Å². The van der Waals surface area contributed by atoms with Crippen LogP contribution in [0.4, 0.5) is 10.7 Å². The number of hydrogen-bond acceptors (Lipinski definition) is 10. The lowest BCUT2D eigenvalue weighted by molar-refractivity contribution is -0.129. The monoisotopic (exact) mass is 818 g/mol. The number of carbonyl (C=O) groups excluding carboxylic acids is 5. The van der Waals surface area contributed by atoms with Crippen LogP contribution >= 0.6 is 23.1 Å². The predicted octanol–water partition coefficient (Wildman–Crippen LogP) is 7.73. The van der Waals surface area contributed by atoms with E-state index in [9.17, 15) is 24.0 Å². The largest absolute Gasteiger partial charge is 0.493 e. The Morgan fingerprint density at radius 3 is 2.28 bits per heavy atom. The summed E-state index contributed by atoms with van der Waals surface area (Å²) in [4.78, 5) is 70.1. The molecule has 0 aliphatic carbocycles. The summed E-state index contributed by atoms with van der Waals surface area (Å²) < 4.78 is 16.2. The van der Waals surface area contributed by atoms with Crippen molar-refractivity contribution in [2.75, 3.05) is 38.0 Å². The molecule has 14 heteroatoms. The molecule has 0 bridgehead atoms. The maximum absolute atomic E-state index is 14.3. The van der Waals surface area contributed by atoms with Gasteiger partial charge in [0, 0.05) is 34.5 Å². The van der Waals surface area contributed by atoms with Crippen LogP contribution in [-0.4, -0.2) is 61.9 Å². The summed E-state index contributed by atoms with van der Waals surface area (Å²) in [5, 5.41) is 8.26. The van der Waals surface area contributed by atoms with Crippen LogP contribution < -0.4 is 25.4 Å². The summed E-state index contributed by atoms with van der Waals surface area (Å²) in [6, 6.07) is 29.9. The second-order valence-electron chi connectivity index (χ2n) is 13.0. The molecule has 1 unspecified atom stereocenters. The summed E-state index contributed by atoms with van der Waals surface area (Å²) >= 11 is 2.53. The summed E-state index contributed by atoms with van der Waals surface area (Å²) in [5.41, 5.74) is 3.14. The Morgan fingerprint density at radius 2 is 1.59 bits per heavy atom. The van der Waals surface area contributed by atoms with Crippen LogP contribution in [-0.2, 0) is 32.1 Å². The number of rotatable bonds is 14. The molecule has 298 valence electrons. The maximum atomic E-state index is 14.3. The lowest BCUT2D eigenvalue weighted by Crippen LogP contribution is -2.34. The third-order valence-corrected chi connectivity index (χ3v) is 11.5. The van der Waals surface area contributed by atoms with E-state index in [2.05, 4.69) is 16.0 Å². The molecular formula is C44H42N4O8S2. The number of amides is 4. The van der Waals surface area contributed by atoms with E-state index in [-0.39, 0.29) is 24.1 Å². The number of nitrogens with one attached hydrogen (secondary N) is 3. The number of methoxy groups -OCH3 is 2. The van der Waals surface area contributed by atoms with Crippen molar-refractivity contribution in [3.63, 3.8) is 0 Å². The van der Waals surface area contributed by atoms with E-state index in [1.54, 1.807) is 78.6 Å². The van der Waals surface area contributed by atoms with Gasteiger partial charge in [0.25, 0.3) is 11.8 Å². The molecule has 0 saturated carbocycles. The Bertz CT molecular complexity index is 2350. The number of fused-ring (bicyclic) bond motifs is 1. The SMILES string of the molecule is CCOC(=O)c1c(NC(=O)C(Sc2cccc(NC(=O)/C(=C\c3ccc(OC)c(OC)c3)NC(=O)c3ccccc3)c2)c2ccccc2)sc2c1CCN(C(C)=O)C2. The van der Waals surface area contributed by atoms with Crippen molar-refractivity contribution in [3.05, 3.63) is 142 Å². The highest BCUT2D eigenvalue weighted by atomic mass is 32.2. The van der Waals surface area contributed by atoms with E-state index in [4.69, 9.17) is 14.2 Å². The van der Waals surface area contributed by atoms with Crippen LogP contribution in [0.15, 0.2) is 114 Å². The van der Waals surface area contributed by atoms with Gasteiger partial charge in [-0.05, 0) is 78.6 Å². The number of anilines is 2. The van der Waals surface area contributed by atoms with Crippen LogP contribution in [0.1, 0.15) is 61.4 Å². The molecule has 1 aliphatic rings. The number of nitrogens with zero attached hydrogens (tertiary/aromatic N) is 1. The number of hydrogen-bond donors (Lipinski definition) is 3. The fourth-order valence-corrected chi connectivity index (χ4v) is 8.63. The Kier molecular flexibility index (Phi) is 13.6. The van der Waals surface area contributed by atoms with Gasteiger partial charge in [0.15, 0.2) is 11.5 Å². The molecule has 0 fully saturated rings. The first-order chi connectivity index (χ1) is 28.1. The van der Waals surface area contributed by atoms with Gasteiger partial charge in [-0.1, -0.05) is 60.7 Å². The standard InChI is InChI=1S/C44H42N4O8S2/c1-5-56-44(53)38-33-21-22-48(27(2)49)26-37(33)58-43(38)47-42(52)39(29-13-8-6-9-14-29)57-32-18-12-17-31(25-32)45-41(51)34(46-40(50)30-15-10-7-11-16-30)23-28-19-20-35(54-3)36(24-28)55-4/h6-20,23-25,39H,5,21-22,26H2,1-4H3,(H,45,51)(H,46,50)(H,47,52)/b34-23+. The Hall–Kier alpha value is -6.38. The first-order valence-corrected chi connectivity index (χ1v) is 20.1. The summed E-state index contributed by atoms with van der Waals surface area (Å²) in [7, 11) is 3.03. The van der Waals surface area contributed by atoms with Crippen molar-refractivity contribution in [1.29, 1.82) is 0 Å². The highest BCUT2D eigenvalue weighted by Crippen LogP contribution is 2.41. The molecule has 0 spiro atoms. The zero-order valence-electron chi connectivity index (χ0n) is 32.3. The molecule has 4 amide bonds. The second-order valence-corrected chi connectivity index (χ2v) is 15.3. The van der Waals surface area contributed by atoms with E-state index in [0.29, 0.717) is 68.8 Å². The van der Waals surface area contributed by atoms with Crippen LogP contribution in [0, 0.1) is 0 Å². The van der Waals surface area contributed by atoms with Crippen molar-refractivity contribution in [3.8, 4) is 11.5 Å². The maximum Gasteiger partial charge on any atom is 0.341 e. The van der Waals surface area contributed by atoms with Gasteiger partial charge in [-0.2, -0.15) is 0 Å². The van der Waals surface area contributed by atoms with Crippen molar-refractivity contribution in [1.82, 2.24) is 10.2 Å². The molecule has 1 atom stereocenters. The minimum Gasteiger partial charge on any atom is -0.493 e. The number of ether oxygens (including phenoxy) is 3. The van der Waals surface area contributed by atoms with Crippen LogP contribution in [0.25, 0.3) is 6.08 Å². The van der Waals surface area contributed by atoms with Gasteiger partial charge in [-0.15, -0.1) is 23.1 Å². The molecule has 0 saturated heterocycles. The fourth-order valence-electron chi connectivity index (χ4n) is 6.29. The molecular weight excluding hydrogens is 777 g/mol. The number of benzene rings is 4. The predicted molar refractivity (Wildman–Crippen MR) is 225 cm³/mol. The summed E-state index contributed by atoms with van der Waals surface area (Å²) in [6.45, 7) is 4.20. The zero-order chi connectivity index (χ0) is 41.2. The minimum absolute atomic E-state index is 0.0249. The fraction of sp³-hybridized carbons (Fsp3) is 0.205. The Morgan fingerprint density at radius 1 is 0.862 bits per heavy atom. The van der Waals surface area contributed by atoms with Crippen LogP contribution in [0.3, 0.4) is 0 Å². The van der Waals surface area contributed by atoms with Gasteiger partial charge in [0.05, 0.1) is 32.9 Å². The molecule has 2 heterocycles. The van der Waals surface area contributed by atoms with Crippen LogP contribution in [0.5, 0.6) is 11.5 Å². The molecule has 3 N–H and O–H groups in total. The average Bonchev–Trinajstić information content (AvgIpc) is 3.60. The van der Waals surface area contributed by atoms with Crippen LogP contribution in [0.2, 0.25) is 0 Å². The second kappa shape index (κ2) is 19.2. The van der Waals surface area contributed by atoms with Gasteiger partial charge in [0.1, 0.15) is 15.9 Å². The smallest absolute Gasteiger partial charge is 0.341 e. The third-order valence-electron chi connectivity index (χ3n) is 9.15. The van der Waals surface area contributed by atoms with E-state index in [1.165, 1.54) is 50.3 Å². The number of thiophene rings is 1. The molecule has 5 aromatic rings. The van der Waals surface area contributed by atoms with Gasteiger partial charge in [0.2, 0.25) is 11.8 Å². The summed E-state index contributed by atoms with van der Waals surface area (Å²) in [5.74, 6) is -1.08. The zero-order valence-corrected chi connectivity index (χ0v) is 34.0. The van der Waals surface area contributed by atoms with E-state index < -0.39 is 23.0 Å². The molecule has 1 aliphatic heterocycles. The molecule has 0 radical (unpaired) electrons. The minimum atomic E-state index is -0.777.